The molecule has 0 fully saturated rings. The van der Waals surface area contributed by atoms with Gasteiger partial charge in [-0.3, -0.25) is 4.68 Å². The fourth-order valence-electron chi connectivity index (χ4n) is 3.75. The van der Waals surface area contributed by atoms with Gasteiger partial charge in [0.1, 0.15) is 0 Å². The molecule has 0 radical (unpaired) electrons. The third kappa shape index (κ3) is 3.71. The lowest BCUT2D eigenvalue weighted by molar-refractivity contribution is 0.602. The van der Waals surface area contributed by atoms with Gasteiger partial charge in [0.15, 0.2) is 0 Å². The molecule has 0 N–H and O–H groups in total. The highest BCUT2D eigenvalue weighted by molar-refractivity contribution is 5.90. The summed E-state index contributed by atoms with van der Waals surface area (Å²) in [4.78, 5) is 0. The molecule has 1 aliphatic rings. The molecule has 0 bridgehead atoms. The van der Waals surface area contributed by atoms with E-state index in [1.54, 1.807) is 0 Å². The molecule has 27 heavy (non-hydrogen) atoms. The summed E-state index contributed by atoms with van der Waals surface area (Å²) in [6.07, 6.45) is 10.4. The number of benzene rings is 2. The number of allylic oxidation sites excluding steroid dienone is 1. The smallest absolute Gasteiger partial charge is 0.0998 e. The van der Waals surface area contributed by atoms with Crippen LogP contribution in [-0.4, -0.2) is 9.78 Å². The van der Waals surface area contributed by atoms with E-state index in [9.17, 15) is 5.26 Å². The number of nitrogens with zero attached hydrogens (tertiary/aromatic N) is 3. The third-order valence-corrected chi connectivity index (χ3v) is 5.16. The van der Waals surface area contributed by atoms with Crippen molar-refractivity contribution < 1.29 is 0 Å². The van der Waals surface area contributed by atoms with Crippen molar-refractivity contribution in [3.8, 4) is 6.07 Å². The average Bonchev–Trinajstić information content (AvgIpc) is 3.32. The molecule has 0 spiro atoms. The van der Waals surface area contributed by atoms with Crippen LogP contribution in [0.2, 0.25) is 0 Å². The Labute approximate surface area is 160 Å². The molecule has 0 saturated carbocycles. The number of hydrogen-bond donors (Lipinski definition) is 0. The zero-order chi connectivity index (χ0) is 18.6. The quantitative estimate of drug-likeness (QED) is 0.622. The molecule has 4 rings (SSSR count). The molecular formula is C24H23N3. The van der Waals surface area contributed by atoms with E-state index >= 15 is 0 Å². The minimum absolute atomic E-state index is 0.751. The Morgan fingerprint density at radius 3 is 2.81 bits per heavy atom. The maximum Gasteiger partial charge on any atom is 0.0998 e. The number of hydrogen-bond acceptors (Lipinski definition) is 2. The Hall–Kier alpha value is -3.12. The van der Waals surface area contributed by atoms with Crippen LogP contribution in [0.5, 0.6) is 0 Å². The first kappa shape index (κ1) is 17.3. The molecule has 1 aliphatic carbocycles. The van der Waals surface area contributed by atoms with E-state index in [0.717, 1.165) is 43.4 Å². The Morgan fingerprint density at radius 1 is 1.11 bits per heavy atom. The Morgan fingerprint density at radius 2 is 1.96 bits per heavy atom. The van der Waals surface area contributed by atoms with Crippen LogP contribution in [0.1, 0.15) is 46.7 Å². The van der Waals surface area contributed by atoms with Crippen molar-refractivity contribution in [3.63, 3.8) is 0 Å². The van der Waals surface area contributed by atoms with Gasteiger partial charge in [-0.1, -0.05) is 49.4 Å². The predicted octanol–water partition coefficient (Wildman–Crippen LogP) is 5.05. The lowest BCUT2D eigenvalue weighted by Gasteiger charge is -2.05. The highest BCUT2D eigenvalue weighted by Gasteiger charge is 2.16. The van der Waals surface area contributed by atoms with Crippen LogP contribution in [-0.2, 0) is 25.8 Å². The Bertz CT molecular complexity index is 1030. The van der Waals surface area contributed by atoms with Gasteiger partial charge in [0.05, 0.1) is 17.8 Å². The molecule has 1 heterocycles. The minimum atomic E-state index is 0.751. The molecule has 0 amide bonds. The second-order valence-electron chi connectivity index (χ2n) is 7.15. The second kappa shape index (κ2) is 7.63. The van der Waals surface area contributed by atoms with Crippen molar-refractivity contribution in [1.29, 1.82) is 5.26 Å². The van der Waals surface area contributed by atoms with Gasteiger partial charge < -0.3 is 0 Å². The van der Waals surface area contributed by atoms with Crippen molar-refractivity contribution in [2.75, 3.05) is 0 Å². The second-order valence-corrected chi connectivity index (χ2v) is 7.15. The van der Waals surface area contributed by atoms with Crippen LogP contribution in [0.15, 0.2) is 54.9 Å². The standard InChI is InChI=1S/C24H23N3/c1-2-11-27-17-19(16-26-27)8-7-18-9-10-20-13-23(14-22(20)12-18)24-6-4-3-5-21(24)15-25/h3-6,9-10,12,14,16-17H,2,7-8,11,13H2,1H3. The predicted molar refractivity (Wildman–Crippen MR) is 109 cm³/mol. The molecule has 3 nitrogen and oxygen atoms in total. The maximum atomic E-state index is 9.37. The molecule has 3 aromatic rings. The van der Waals surface area contributed by atoms with E-state index < -0.39 is 0 Å². The van der Waals surface area contributed by atoms with Gasteiger partial charge in [-0.25, -0.2) is 0 Å². The number of fused-ring (bicyclic) bond motifs is 1. The van der Waals surface area contributed by atoms with Crippen molar-refractivity contribution in [2.45, 2.75) is 39.2 Å². The van der Waals surface area contributed by atoms with E-state index in [2.05, 4.69) is 48.6 Å². The Balaban J connectivity index is 1.49. The fourth-order valence-corrected chi connectivity index (χ4v) is 3.75. The van der Waals surface area contributed by atoms with E-state index in [-0.39, 0.29) is 0 Å². The normalized spacial score (nSPS) is 12.5. The third-order valence-electron chi connectivity index (χ3n) is 5.16. The van der Waals surface area contributed by atoms with E-state index in [1.807, 2.05) is 35.1 Å². The molecule has 2 aromatic carbocycles. The summed E-state index contributed by atoms with van der Waals surface area (Å²) >= 11 is 0. The zero-order valence-corrected chi connectivity index (χ0v) is 15.7. The van der Waals surface area contributed by atoms with E-state index in [4.69, 9.17) is 0 Å². The fraction of sp³-hybridized carbons (Fsp3) is 0.250. The van der Waals surface area contributed by atoms with Gasteiger partial charge in [-0.2, -0.15) is 10.4 Å². The SMILES string of the molecule is CCCn1cc(CCc2ccc3c(c2)C=C(c2ccccc2C#N)C3)cn1. The van der Waals surface area contributed by atoms with Gasteiger partial charge in [0.25, 0.3) is 0 Å². The molecule has 1 aromatic heterocycles. The minimum Gasteiger partial charge on any atom is -0.272 e. The largest absolute Gasteiger partial charge is 0.272 e. The summed E-state index contributed by atoms with van der Waals surface area (Å²) in [5.74, 6) is 0. The van der Waals surface area contributed by atoms with Gasteiger partial charge in [0.2, 0.25) is 0 Å². The summed E-state index contributed by atoms with van der Waals surface area (Å²) in [6, 6.07) is 17.0. The average molecular weight is 353 g/mol. The molecule has 0 atom stereocenters. The number of rotatable bonds is 6. The number of aryl methyl sites for hydroxylation is 3. The number of aromatic nitrogens is 2. The maximum absolute atomic E-state index is 9.37. The summed E-state index contributed by atoms with van der Waals surface area (Å²) in [5, 5.41) is 13.8. The molecule has 134 valence electrons. The molecular weight excluding hydrogens is 330 g/mol. The first-order chi connectivity index (χ1) is 13.3. The Kier molecular flexibility index (Phi) is 4.89. The molecule has 0 unspecified atom stereocenters. The lowest BCUT2D eigenvalue weighted by atomic mass is 9.98. The van der Waals surface area contributed by atoms with E-state index in [1.165, 1.54) is 27.8 Å². The first-order valence-electron chi connectivity index (χ1n) is 9.60. The summed E-state index contributed by atoms with van der Waals surface area (Å²) < 4.78 is 2.03. The van der Waals surface area contributed by atoms with Gasteiger partial charge in [0, 0.05) is 12.7 Å². The monoisotopic (exact) mass is 353 g/mol. The van der Waals surface area contributed by atoms with Crippen molar-refractivity contribution in [1.82, 2.24) is 9.78 Å². The van der Waals surface area contributed by atoms with Crippen LogP contribution in [0, 0.1) is 11.3 Å². The van der Waals surface area contributed by atoms with Crippen molar-refractivity contribution in [2.24, 2.45) is 0 Å². The van der Waals surface area contributed by atoms with Crippen molar-refractivity contribution >= 4 is 11.6 Å². The first-order valence-corrected chi connectivity index (χ1v) is 9.60. The summed E-state index contributed by atoms with van der Waals surface area (Å²) in [7, 11) is 0. The van der Waals surface area contributed by atoms with Crippen LogP contribution >= 0.6 is 0 Å². The van der Waals surface area contributed by atoms with Crippen LogP contribution in [0.4, 0.5) is 0 Å². The van der Waals surface area contributed by atoms with Crippen LogP contribution in [0.25, 0.3) is 11.6 Å². The highest BCUT2D eigenvalue weighted by atomic mass is 15.3. The topological polar surface area (TPSA) is 41.6 Å². The lowest BCUT2D eigenvalue weighted by Crippen LogP contribution is -1.96. The molecule has 0 saturated heterocycles. The molecule has 0 aliphatic heterocycles. The summed E-state index contributed by atoms with van der Waals surface area (Å²) in [6.45, 7) is 3.15. The van der Waals surface area contributed by atoms with E-state index in [0.29, 0.717) is 0 Å². The van der Waals surface area contributed by atoms with Gasteiger partial charge in [-0.05, 0) is 65.1 Å². The van der Waals surface area contributed by atoms with Crippen molar-refractivity contribution in [3.05, 3.63) is 88.2 Å². The van der Waals surface area contributed by atoms with Gasteiger partial charge in [-0.15, -0.1) is 0 Å². The van der Waals surface area contributed by atoms with Crippen LogP contribution < -0.4 is 0 Å². The summed E-state index contributed by atoms with van der Waals surface area (Å²) in [5.41, 5.74) is 8.32. The molecule has 3 heteroatoms. The van der Waals surface area contributed by atoms with Gasteiger partial charge >= 0.3 is 0 Å². The highest BCUT2D eigenvalue weighted by Crippen LogP contribution is 2.33. The number of nitriles is 1. The van der Waals surface area contributed by atoms with Crippen LogP contribution in [0.3, 0.4) is 0 Å². The zero-order valence-electron chi connectivity index (χ0n) is 15.7.